The summed E-state index contributed by atoms with van der Waals surface area (Å²) in [7, 11) is 0. The Morgan fingerprint density at radius 1 is 1.40 bits per heavy atom. The first kappa shape index (κ1) is 7.58. The Bertz CT molecular complexity index is 131. The third-order valence-electron chi connectivity index (χ3n) is 2.41. The van der Waals surface area contributed by atoms with Gasteiger partial charge in [-0.1, -0.05) is 26.2 Å². The van der Waals surface area contributed by atoms with Gasteiger partial charge in [-0.25, -0.2) is 0 Å². The molecule has 0 aromatic heterocycles. The van der Waals surface area contributed by atoms with Crippen molar-refractivity contribution in [3.63, 3.8) is 0 Å². The molecule has 0 radical (unpaired) electrons. The van der Waals surface area contributed by atoms with E-state index < -0.39 is 5.97 Å². The molecule has 2 heteroatoms. The molecule has 1 rings (SSSR count). The molecule has 1 aliphatic rings. The minimum absolute atomic E-state index is 0.172. The molecule has 0 spiro atoms. The molecule has 0 amide bonds. The van der Waals surface area contributed by atoms with E-state index in [0.29, 0.717) is 5.92 Å². The molecule has 0 saturated heterocycles. The van der Waals surface area contributed by atoms with Gasteiger partial charge in [0.2, 0.25) is 0 Å². The van der Waals surface area contributed by atoms with Gasteiger partial charge < -0.3 is 9.90 Å². The number of hydrogen-bond donors (Lipinski definition) is 0. The molecule has 58 valence electrons. The monoisotopic (exact) mass is 141 g/mol. The van der Waals surface area contributed by atoms with Gasteiger partial charge in [-0.2, -0.15) is 0 Å². The Kier molecular flexibility index (Phi) is 2.30. The Labute approximate surface area is 61.2 Å². The molecule has 2 nitrogen and oxygen atoms in total. The fraction of sp³-hybridized carbons (Fsp3) is 0.875. The van der Waals surface area contributed by atoms with Crippen molar-refractivity contribution in [1.82, 2.24) is 0 Å². The zero-order valence-electron chi connectivity index (χ0n) is 6.30. The van der Waals surface area contributed by atoms with Gasteiger partial charge in [0.1, 0.15) is 0 Å². The number of hydrogen-bond acceptors (Lipinski definition) is 2. The summed E-state index contributed by atoms with van der Waals surface area (Å²) in [6, 6.07) is 0. The molecular weight excluding hydrogens is 128 g/mol. The summed E-state index contributed by atoms with van der Waals surface area (Å²) in [4.78, 5) is 10.5. The predicted molar refractivity (Wildman–Crippen MR) is 36.1 cm³/mol. The maximum Gasteiger partial charge on any atom is 0.0447 e. The summed E-state index contributed by atoms with van der Waals surface area (Å²) in [5, 5.41) is 10.5. The van der Waals surface area contributed by atoms with E-state index in [9.17, 15) is 9.90 Å². The quantitative estimate of drug-likeness (QED) is 0.535. The highest BCUT2D eigenvalue weighted by molar-refractivity contribution is 5.68. The van der Waals surface area contributed by atoms with E-state index >= 15 is 0 Å². The van der Waals surface area contributed by atoms with Crippen LogP contribution < -0.4 is 5.11 Å². The van der Waals surface area contributed by atoms with E-state index in [4.69, 9.17) is 0 Å². The van der Waals surface area contributed by atoms with Crippen LogP contribution in [0.25, 0.3) is 0 Å². The summed E-state index contributed by atoms with van der Waals surface area (Å²) < 4.78 is 0. The van der Waals surface area contributed by atoms with Crippen LogP contribution in [-0.4, -0.2) is 5.97 Å². The molecule has 1 saturated carbocycles. The topological polar surface area (TPSA) is 40.1 Å². The number of rotatable bonds is 1. The summed E-state index contributed by atoms with van der Waals surface area (Å²) >= 11 is 0. The summed E-state index contributed by atoms with van der Waals surface area (Å²) in [5.74, 6) is -0.695. The minimum Gasteiger partial charge on any atom is -0.550 e. The Balaban J connectivity index is 2.47. The molecule has 10 heavy (non-hydrogen) atoms. The van der Waals surface area contributed by atoms with Crippen LogP contribution in [0, 0.1) is 11.8 Å². The normalized spacial score (nSPS) is 33.7. The summed E-state index contributed by atoms with van der Waals surface area (Å²) in [5.41, 5.74) is 0. The van der Waals surface area contributed by atoms with Crippen molar-refractivity contribution in [2.24, 2.45) is 11.8 Å². The molecule has 0 heterocycles. The van der Waals surface area contributed by atoms with Gasteiger partial charge in [-0.05, 0) is 12.3 Å². The van der Waals surface area contributed by atoms with Gasteiger partial charge >= 0.3 is 0 Å². The van der Waals surface area contributed by atoms with Crippen molar-refractivity contribution in [2.75, 3.05) is 0 Å². The van der Waals surface area contributed by atoms with Gasteiger partial charge in [0, 0.05) is 11.9 Å². The molecule has 0 N–H and O–H groups in total. The van der Waals surface area contributed by atoms with E-state index in [-0.39, 0.29) is 5.92 Å². The lowest BCUT2D eigenvalue weighted by Crippen LogP contribution is -2.36. The van der Waals surface area contributed by atoms with Crippen LogP contribution in [0.15, 0.2) is 0 Å². The standard InChI is InChI=1S/C8H14O2/c1-6-4-2-3-5-7(6)8(9)10/h6-7H,2-5H2,1H3,(H,9,10)/p-1. The van der Waals surface area contributed by atoms with E-state index in [1.165, 1.54) is 6.42 Å². The molecule has 0 aliphatic heterocycles. The third kappa shape index (κ3) is 1.49. The molecule has 2 atom stereocenters. The lowest BCUT2D eigenvalue weighted by molar-refractivity contribution is -0.314. The lowest BCUT2D eigenvalue weighted by atomic mass is 9.81. The first-order chi connectivity index (χ1) is 4.72. The zero-order valence-corrected chi connectivity index (χ0v) is 6.30. The van der Waals surface area contributed by atoms with Gasteiger partial charge in [0.05, 0.1) is 0 Å². The fourth-order valence-corrected chi connectivity index (χ4v) is 1.67. The molecule has 0 bridgehead atoms. The van der Waals surface area contributed by atoms with Crippen LogP contribution in [0.1, 0.15) is 32.6 Å². The minimum atomic E-state index is -0.854. The van der Waals surface area contributed by atoms with Crippen molar-refractivity contribution in [1.29, 1.82) is 0 Å². The number of carbonyl (C=O) groups excluding carboxylic acids is 1. The van der Waals surface area contributed by atoms with Crippen molar-refractivity contribution < 1.29 is 9.90 Å². The van der Waals surface area contributed by atoms with Gasteiger partial charge in [0.25, 0.3) is 0 Å². The van der Waals surface area contributed by atoms with Crippen LogP contribution in [-0.2, 0) is 4.79 Å². The zero-order chi connectivity index (χ0) is 7.56. The van der Waals surface area contributed by atoms with E-state index in [2.05, 4.69) is 0 Å². The largest absolute Gasteiger partial charge is 0.550 e. The summed E-state index contributed by atoms with van der Waals surface area (Å²) in [6.45, 7) is 2.00. The molecule has 0 aromatic carbocycles. The van der Waals surface area contributed by atoms with Crippen molar-refractivity contribution in [3.8, 4) is 0 Å². The number of carboxylic acid groups (broad SMARTS) is 1. The maximum absolute atomic E-state index is 10.5. The van der Waals surface area contributed by atoms with Crippen LogP contribution in [0.5, 0.6) is 0 Å². The molecular formula is C8H13O2-. The van der Waals surface area contributed by atoms with Gasteiger partial charge in [-0.15, -0.1) is 0 Å². The van der Waals surface area contributed by atoms with Crippen LogP contribution in [0.2, 0.25) is 0 Å². The first-order valence-corrected chi connectivity index (χ1v) is 3.92. The smallest absolute Gasteiger partial charge is 0.0447 e. The van der Waals surface area contributed by atoms with Crippen LogP contribution >= 0.6 is 0 Å². The van der Waals surface area contributed by atoms with Crippen LogP contribution in [0.3, 0.4) is 0 Å². The number of carboxylic acids is 1. The molecule has 2 unspecified atom stereocenters. The van der Waals surface area contributed by atoms with E-state index in [0.717, 1.165) is 19.3 Å². The third-order valence-corrected chi connectivity index (χ3v) is 2.41. The highest BCUT2D eigenvalue weighted by Crippen LogP contribution is 2.28. The number of carbonyl (C=O) groups is 1. The average Bonchev–Trinajstić information content (AvgIpc) is 1.88. The molecule has 1 aliphatic carbocycles. The lowest BCUT2D eigenvalue weighted by Gasteiger charge is -2.29. The second-order valence-electron chi connectivity index (χ2n) is 3.19. The van der Waals surface area contributed by atoms with Crippen molar-refractivity contribution in [2.45, 2.75) is 32.6 Å². The van der Waals surface area contributed by atoms with Crippen LogP contribution in [0.4, 0.5) is 0 Å². The molecule has 0 aromatic rings. The average molecular weight is 141 g/mol. The van der Waals surface area contributed by atoms with Crippen molar-refractivity contribution in [3.05, 3.63) is 0 Å². The van der Waals surface area contributed by atoms with Gasteiger partial charge in [-0.3, -0.25) is 0 Å². The van der Waals surface area contributed by atoms with E-state index in [1.807, 2.05) is 6.92 Å². The second kappa shape index (κ2) is 3.04. The Hall–Kier alpha value is -0.530. The van der Waals surface area contributed by atoms with Gasteiger partial charge in [0.15, 0.2) is 0 Å². The maximum atomic E-state index is 10.5. The molecule has 1 fully saturated rings. The van der Waals surface area contributed by atoms with E-state index in [1.54, 1.807) is 0 Å². The van der Waals surface area contributed by atoms with Crippen molar-refractivity contribution >= 4 is 5.97 Å². The SMILES string of the molecule is CC1CCCCC1C(=O)[O-]. The highest BCUT2D eigenvalue weighted by Gasteiger charge is 2.21. The highest BCUT2D eigenvalue weighted by atomic mass is 16.4. The summed E-state index contributed by atoms with van der Waals surface area (Å²) in [6.07, 6.45) is 4.12. The Morgan fingerprint density at radius 3 is 2.40 bits per heavy atom. The first-order valence-electron chi connectivity index (χ1n) is 3.92. The Morgan fingerprint density at radius 2 is 2.00 bits per heavy atom. The number of aliphatic carboxylic acids is 1. The second-order valence-corrected chi connectivity index (χ2v) is 3.19. The fourth-order valence-electron chi connectivity index (χ4n) is 1.67. The predicted octanol–water partition coefficient (Wildman–Crippen LogP) is 0.563.